The molecule has 0 bridgehead atoms. The van der Waals surface area contributed by atoms with Gasteiger partial charge in [-0.1, -0.05) is 15.9 Å². The van der Waals surface area contributed by atoms with Crippen molar-refractivity contribution in [3.8, 4) is 11.4 Å². The number of nitrogens with two attached hydrogens (primary N) is 1. The summed E-state index contributed by atoms with van der Waals surface area (Å²) in [5, 5.41) is 0. The average Bonchev–Trinajstić information content (AvgIpc) is 2.71. The van der Waals surface area contributed by atoms with Crippen LogP contribution in [-0.4, -0.2) is 9.97 Å². The Bertz CT molecular complexity index is 736. The van der Waals surface area contributed by atoms with Crippen LogP contribution in [-0.2, 0) is 0 Å². The van der Waals surface area contributed by atoms with Gasteiger partial charge in [0.25, 0.3) is 0 Å². The van der Waals surface area contributed by atoms with Crippen LogP contribution in [0.4, 0.5) is 10.1 Å². The van der Waals surface area contributed by atoms with Crippen molar-refractivity contribution in [2.45, 2.75) is 0 Å². The van der Waals surface area contributed by atoms with Gasteiger partial charge in [-0.2, -0.15) is 0 Å². The van der Waals surface area contributed by atoms with Crippen molar-refractivity contribution in [2.75, 3.05) is 5.73 Å². The zero-order chi connectivity index (χ0) is 12.7. The number of halogens is 2. The number of nitrogens with one attached hydrogen (secondary N) is 1. The molecule has 2 aromatic carbocycles. The van der Waals surface area contributed by atoms with E-state index < -0.39 is 0 Å². The van der Waals surface area contributed by atoms with E-state index in [0.717, 1.165) is 15.5 Å². The van der Waals surface area contributed by atoms with Crippen molar-refractivity contribution in [3.05, 3.63) is 46.7 Å². The maximum Gasteiger partial charge on any atom is 0.141 e. The monoisotopic (exact) mass is 305 g/mol. The molecule has 0 unspecified atom stereocenters. The molecule has 0 aliphatic rings. The van der Waals surface area contributed by atoms with E-state index >= 15 is 0 Å². The first kappa shape index (κ1) is 11.2. The summed E-state index contributed by atoms with van der Waals surface area (Å²) in [7, 11) is 0. The van der Waals surface area contributed by atoms with Crippen LogP contribution >= 0.6 is 15.9 Å². The zero-order valence-electron chi connectivity index (χ0n) is 9.24. The Balaban J connectivity index is 2.19. The average molecular weight is 306 g/mol. The molecular weight excluding hydrogens is 297 g/mol. The quantitative estimate of drug-likeness (QED) is 0.673. The zero-order valence-corrected chi connectivity index (χ0v) is 10.8. The number of anilines is 1. The molecule has 3 N–H and O–H groups in total. The molecule has 0 atom stereocenters. The van der Waals surface area contributed by atoms with Crippen molar-refractivity contribution in [1.29, 1.82) is 0 Å². The highest BCUT2D eigenvalue weighted by Crippen LogP contribution is 2.25. The minimum absolute atomic E-state index is 0.381. The number of benzene rings is 2. The highest BCUT2D eigenvalue weighted by molar-refractivity contribution is 9.10. The lowest BCUT2D eigenvalue weighted by Crippen LogP contribution is -1.90. The van der Waals surface area contributed by atoms with Crippen molar-refractivity contribution in [1.82, 2.24) is 9.97 Å². The number of nitrogen functional groups attached to an aromatic ring is 1. The fourth-order valence-corrected chi connectivity index (χ4v) is 2.19. The van der Waals surface area contributed by atoms with Gasteiger partial charge in [0.2, 0.25) is 0 Å². The van der Waals surface area contributed by atoms with Gasteiger partial charge in [-0.3, -0.25) is 0 Å². The van der Waals surface area contributed by atoms with Crippen molar-refractivity contribution < 1.29 is 4.39 Å². The number of imidazole rings is 1. The summed E-state index contributed by atoms with van der Waals surface area (Å²) in [6.45, 7) is 0. The van der Waals surface area contributed by atoms with E-state index in [-0.39, 0.29) is 5.82 Å². The van der Waals surface area contributed by atoms with E-state index in [9.17, 15) is 4.39 Å². The third kappa shape index (κ3) is 1.86. The lowest BCUT2D eigenvalue weighted by molar-refractivity contribution is 0.631. The molecule has 0 aliphatic carbocycles. The first-order valence-electron chi connectivity index (χ1n) is 5.34. The van der Waals surface area contributed by atoms with Crippen LogP contribution in [0.15, 0.2) is 40.9 Å². The molecule has 3 rings (SSSR count). The van der Waals surface area contributed by atoms with Gasteiger partial charge in [0.05, 0.1) is 16.6 Å². The van der Waals surface area contributed by atoms with Gasteiger partial charge in [0.15, 0.2) is 0 Å². The predicted molar refractivity (Wildman–Crippen MR) is 73.6 cm³/mol. The summed E-state index contributed by atoms with van der Waals surface area (Å²) in [4.78, 5) is 7.45. The molecule has 1 heterocycles. The third-order valence-corrected chi connectivity index (χ3v) is 3.19. The van der Waals surface area contributed by atoms with Gasteiger partial charge in [-0.05, 0) is 36.4 Å². The number of aromatic amines is 1. The maximum atomic E-state index is 13.8. The number of aromatic nitrogens is 2. The second-order valence-electron chi connectivity index (χ2n) is 3.99. The van der Waals surface area contributed by atoms with E-state index in [0.29, 0.717) is 17.1 Å². The molecule has 5 heteroatoms. The number of H-pyrrole nitrogens is 1. The van der Waals surface area contributed by atoms with E-state index in [1.165, 1.54) is 6.07 Å². The number of nitrogens with zero attached hydrogens (tertiary/aromatic N) is 1. The van der Waals surface area contributed by atoms with Crippen molar-refractivity contribution in [3.63, 3.8) is 0 Å². The van der Waals surface area contributed by atoms with E-state index in [2.05, 4.69) is 25.9 Å². The van der Waals surface area contributed by atoms with Crippen LogP contribution in [0.2, 0.25) is 0 Å². The summed E-state index contributed by atoms with van der Waals surface area (Å²) in [6, 6.07) is 10.2. The molecule has 3 aromatic rings. The van der Waals surface area contributed by atoms with Crippen LogP contribution in [0.1, 0.15) is 0 Å². The maximum absolute atomic E-state index is 13.8. The van der Waals surface area contributed by atoms with Gasteiger partial charge < -0.3 is 10.7 Å². The SMILES string of the molecule is Nc1ccc(-c2nc3ccc(Br)cc3[nH]2)c(F)c1. The highest BCUT2D eigenvalue weighted by Gasteiger charge is 2.10. The standard InChI is InChI=1S/C13H9BrFN3/c14-7-1-4-11-12(5-7)18-13(17-11)9-3-2-8(16)6-10(9)15/h1-6H,16H2,(H,17,18). The minimum atomic E-state index is -0.381. The summed E-state index contributed by atoms with van der Waals surface area (Å²) < 4.78 is 14.7. The summed E-state index contributed by atoms with van der Waals surface area (Å²) >= 11 is 3.38. The Hall–Kier alpha value is -1.88. The Morgan fingerprint density at radius 1 is 1.17 bits per heavy atom. The van der Waals surface area contributed by atoms with Gasteiger partial charge in [0, 0.05) is 10.2 Å². The molecule has 0 saturated carbocycles. The van der Waals surface area contributed by atoms with E-state index in [1.54, 1.807) is 12.1 Å². The van der Waals surface area contributed by atoms with Crippen LogP contribution < -0.4 is 5.73 Å². The number of fused-ring (bicyclic) bond motifs is 1. The topological polar surface area (TPSA) is 54.7 Å². The summed E-state index contributed by atoms with van der Waals surface area (Å²) in [5.74, 6) is 0.119. The smallest absolute Gasteiger partial charge is 0.141 e. The second-order valence-corrected chi connectivity index (χ2v) is 4.90. The van der Waals surface area contributed by atoms with Gasteiger partial charge in [-0.25, -0.2) is 9.37 Å². The number of rotatable bonds is 1. The summed E-state index contributed by atoms with van der Waals surface area (Å²) in [5.41, 5.74) is 7.99. The molecule has 0 fully saturated rings. The molecule has 90 valence electrons. The summed E-state index contributed by atoms with van der Waals surface area (Å²) in [6.07, 6.45) is 0. The first-order valence-corrected chi connectivity index (χ1v) is 6.13. The molecule has 0 radical (unpaired) electrons. The van der Waals surface area contributed by atoms with Crippen molar-refractivity contribution in [2.24, 2.45) is 0 Å². The fraction of sp³-hybridized carbons (Fsp3) is 0. The largest absolute Gasteiger partial charge is 0.399 e. The molecule has 0 amide bonds. The minimum Gasteiger partial charge on any atom is -0.399 e. The van der Waals surface area contributed by atoms with E-state index in [4.69, 9.17) is 5.73 Å². The first-order chi connectivity index (χ1) is 8.63. The third-order valence-electron chi connectivity index (χ3n) is 2.69. The number of hydrogen-bond donors (Lipinski definition) is 2. The molecule has 18 heavy (non-hydrogen) atoms. The lowest BCUT2D eigenvalue weighted by Gasteiger charge is -1.99. The Morgan fingerprint density at radius 3 is 2.78 bits per heavy atom. The van der Waals surface area contributed by atoms with Gasteiger partial charge in [0.1, 0.15) is 11.6 Å². The van der Waals surface area contributed by atoms with Crippen LogP contribution in [0.5, 0.6) is 0 Å². The van der Waals surface area contributed by atoms with Gasteiger partial charge >= 0.3 is 0 Å². The fourth-order valence-electron chi connectivity index (χ4n) is 1.83. The lowest BCUT2D eigenvalue weighted by atomic mass is 10.2. The second kappa shape index (κ2) is 4.10. The van der Waals surface area contributed by atoms with Gasteiger partial charge in [-0.15, -0.1) is 0 Å². The molecule has 0 spiro atoms. The predicted octanol–water partition coefficient (Wildman–Crippen LogP) is 3.71. The Morgan fingerprint density at radius 2 is 2.00 bits per heavy atom. The molecule has 0 saturated heterocycles. The van der Waals surface area contributed by atoms with E-state index in [1.807, 2.05) is 18.2 Å². The molecule has 0 aliphatic heterocycles. The highest BCUT2D eigenvalue weighted by atomic mass is 79.9. The van der Waals surface area contributed by atoms with Crippen LogP contribution in [0, 0.1) is 5.82 Å². The number of hydrogen-bond acceptors (Lipinski definition) is 2. The molecule has 1 aromatic heterocycles. The Labute approximate surface area is 111 Å². The van der Waals surface area contributed by atoms with Crippen molar-refractivity contribution >= 4 is 32.7 Å². The molecular formula is C13H9BrFN3. The van der Waals surface area contributed by atoms with Crippen LogP contribution in [0.25, 0.3) is 22.4 Å². The normalized spacial score (nSPS) is 11.0. The van der Waals surface area contributed by atoms with Crippen LogP contribution in [0.3, 0.4) is 0 Å². The molecule has 3 nitrogen and oxygen atoms in total. The Kier molecular flexibility index (Phi) is 2.56.